The fraction of sp³-hybridized carbons (Fsp3) is 0.773. The van der Waals surface area contributed by atoms with E-state index in [9.17, 15) is 15.0 Å². The van der Waals surface area contributed by atoms with Crippen LogP contribution in [0.4, 0.5) is 0 Å². The molecule has 0 unspecified atom stereocenters. The number of carbonyl (C=O) groups is 1. The zero-order valence-corrected chi connectivity index (χ0v) is 16.0. The molecule has 2 aliphatic rings. The summed E-state index contributed by atoms with van der Waals surface area (Å²) in [6.07, 6.45) is 15.6. The minimum Gasteiger partial charge on any atom is -0.392 e. The standard InChI is InChI=1S/C22H36O3/c1-3-4-5-10-19(24)11-12-20-21-14-17(9-7-6-8-16(2)23)13-18(21)15-22(20)25/h9,11-12,18-22,24-25H,3-8,10,13-15H2,1-2H3/b12-11+,17-9+/t18-,19-,20+,21-,22+/m0/s1. The lowest BCUT2D eigenvalue weighted by Crippen LogP contribution is -2.17. The van der Waals surface area contributed by atoms with Gasteiger partial charge in [-0.1, -0.05) is 50.0 Å². The van der Waals surface area contributed by atoms with Crippen molar-refractivity contribution in [1.82, 2.24) is 0 Å². The van der Waals surface area contributed by atoms with Crippen LogP contribution >= 0.6 is 0 Å². The summed E-state index contributed by atoms with van der Waals surface area (Å²) in [6, 6.07) is 0. The third-order valence-corrected chi connectivity index (χ3v) is 5.94. The molecule has 0 aromatic rings. The minimum absolute atomic E-state index is 0.189. The van der Waals surface area contributed by atoms with Crippen LogP contribution in [-0.4, -0.2) is 28.2 Å². The molecule has 3 nitrogen and oxygen atoms in total. The van der Waals surface area contributed by atoms with Crippen LogP contribution in [0.2, 0.25) is 0 Å². The maximum atomic E-state index is 11.0. The number of Topliss-reactive ketones (excluding diaryl/α,β-unsaturated/α-hetero) is 1. The lowest BCUT2D eigenvalue weighted by atomic mass is 9.90. The molecule has 5 atom stereocenters. The van der Waals surface area contributed by atoms with Gasteiger partial charge in [0.05, 0.1) is 12.2 Å². The number of carbonyl (C=O) groups excluding carboxylic acids is 1. The molecule has 0 aromatic carbocycles. The number of unbranched alkanes of at least 4 members (excludes halogenated alkanes) is 3. The Morgan fingerprint density at radius 3 is 2.80 bits per heavy atom. The van der Waals surface area contributed by atoms with E-state index in [1.165, 1.54) is 18.4 Å². The number of aliphatic hydroxyl groups excluding tert-OH is 2. The Bertz CT molecular complexity index is 480. The van der Waals surface area contributed by atoms with E-state index in [0.29, 0.717) is 18.3 Å². The Hall–Kier alpha value is -0.930. The highest BCUT2D eigenvalue weighted by molar-refractivity contribution is 5.75. The molecule has 0 amide bonds. The van der Waals surface area contributed by atoms with Crippen molar-refractivity contribution in [3.8, 4) is 0 Å². The number of ketones is 1. The second-order valence-corrected chi connectivity index (χ2v) is 8.12. The Balaban J connectivity index is 1.83. The third-order valence-electron chi connectivity index (χ3n) is 5.94. The highest BCUT2D eigenvalue weighted by atomic mass is 16.3. The van der Waals surface area contributed by atoms with E-state index in [2.05, 4.69) is 19.1 Å². The van der Waals surface area contributed by atoms with Gasteiger partial charge in [0.25, 0.3) is 0 Å². The van der Waals surface area contributed by atoms with Gasteiger partial charge in [-0.3, -0.25) is 0 Å². The maximum Gasteiger partial charge on any atom is 0.129 e. The molecule has 3 heteroatoms. The summed E-state index contributed by atoms with van der Waals surface area (Å²) in [5, 5.41) is 20.5. The highest BCUT2D eigenvalue weighted by Crippen LogP contribution is 2.50. The van der Waals surface area contributed by atoms with E-state index in [1.807, 2.05) is 6.08 Å². The van der Waals surface area contributed by atoms with Crippen LogP contribution in [0.25, 0.3) is 0 Å². The first-order valence-electron chi connectivity index (χ1n) is 10.2. The number of aliphatic hydroxyl groups is 2. The summed E-state index contributed by atoms with van der Waals surface area (Å²) in [7, 11) is 0. The van der Waals surface area contributed by atoms with Crippen molar-refractivity contribution >= 4 is 5.78 Å². The summed E-state index contributed by atoms with van der Waals surface area (Å²) in [5.74, 6) is 1.57. The Morgan fingerprint density at radius 2 is 2.08 bits per heavy atom. The number of hydrogen-bond acceptors (Lipinski definition) is 3. The van der Waals surface area contributed by atoms with E-state index in [-0.39, 0.29) is 23.9 Å². The predicted molar refractivity (Wildman–Crippen MR) is 102 cm³/mol. The van der Waals surface area contributed by atoms with Gasteiger partial charge in [-0.2, -0.15) is 0 Å². The first-order valence-corrected chi connectivity index (χ1v) is 10.2. The van der Waals surface area contributed by atoms with Crippen molar-refractivity contribution in [3.63, 3.8) is 0 Å². The maximum absolute atomic E-state index is 11.0. The SMILES string of the molecule is CCCCC[C@H](O)/C=C/[C@@H]1[C@H]2C/C(=C/CCCC(C)=O)C[C@H]2C[C@H]1O. The van der Waals surface area contributed by atoms with Crippen LogP contribution in [0.1, 0.15) is 78.1 Å². The van der Waals surface area contributed by atoms with E-state index in [1.54, 1.807) is 6.92 Å². The third kappa shape index (κ3) is 6.38. The van der Waals surface area contributed by atoms with Gasteiger partial charge in [0.15, 0.2) is 0 Å². The molecule has 2 aliphatic carbocycles. The lowest BCUT2D eigenvalue weighted by Gasteiger charge is -2.17. The van der Waals surface area contributed by atoms with Gasteiger partial charge in [-0.25, -0.2) is 0 Å². The molecule has 2 fully saturated rings. The van der Waals surface area contributed by atoms with Gasteiger partial charge >= 0.3 is 0 Å². The van der Waals surface area contributed by atoms with Gasteiger partial charge in [0, 0.05) is 12.3 Å². The zero-order chi connectivity index (χ0) is 18.2. The Kier molecular flexibility index (Phi) is 8.38. The van der Waals surface area contributed by atoms with Crippen molar-refractivity contribution in [1.29, 1.82) is 0 Å². The van der Waals surface area contributed by atoms with Gasteiger partial charge in [0.1, 0.15) is 5.78 Å². The first-order chi connectivity index (χ1) is 12.0. The van der Waals surface area contributed by atoms with Gasteiger partial charge < -0.3 is 15.0 Å². The molecule has 0 saturated heterocycles. The minimum atomic E-state index is -0.374. The van der Waals surface area contributed by atoms with Crippen LogP contribution < -0.4 is 0 Å². The van der Waals surface area contributed by atoms with Crippen LogP contribution in [0.3, 0.4) is 0 Å². The molecule has 2 rings (SSSR count). The number of hydrogen-bond donors (Lipinski definition) is 2. The summed E-state index contributed by atoms with van der Waals surface area (Å²) < 4.78 is 0. The summed E-state index contributed by atoms with van der Waals surface area (Å²) in [6.45, 7) is 3.82. The van der Waals surface area contributed by atoms with E-state index < -0.39 is 0 Å². The second-order valence-electron chi connectivity index (χ2n) is 8.12. The highest BCUT2D eigenvalue weighted by Gasteiger charge is 2.44. The van der Waals surface area contributed by atoms with Gasteiger partial charge in [-0.05, 0) is 57.3 Å². The summed E-state index contributed by atoms with van der Waals surface area (Å²) in [5.41, 5.74) is 1.51. The number of fused-ring (bicyclic) bond motifs is 1. The lowest BCUT2D eigenvalue weighted by molar-refractivity contribution is -0.117. The Morgan fingerprint density at radius 1 is 1.28 bits per heavy atom. The molecule has 0 aromatic heterocycles. The largest absolute Gasteiger partial charge is 0.392 e. The molecule has 2 saturated carbocycles. The number of rotatable bonds is 10. The number of allylic oxidation sites excluding steroid dienone is 2. The smallest absolute Gasteiger partial charge is 0.129 e. The average molecular weight is 349 g/mol. The zero-order valence-electron chi connectivity index (χ0n) is 16.0. The summed E-state index contributed by atoms with van der Waals surface area (Å²) in [4.78, 5) is 11.0. The topological polar surface area (TPSA) is 57.5 Å². The molecule has 0 spiro atoms. The van der Waals surface area contributed by atoms with E-state index >= 15 is 0 Å². The van der Waals surface area contributed by atoms with Crippen LogP contribution in [0, 0.1) is 17.8 Å². The van der Waals surface area contributed by atoms with E-state index in [4.69, 9.17) is 0 Å². The predicted octanol–water partition coefficient (Wildman–Crippen LogP) is 4.58. The van der Waals surface area contributed by atoms with E-state index in [0.717, 1.165) is 44.9 Å². The molecule has 0 aliphatic heterocycles. The monoisotopic (exact) mass is 348 g/mol. The molecule has 0 radical (unpaired) electrons. The normalized spacial score (nSPS) is 31.8. The Labute approximate surface area is 153 Å². The fourth-order valence-corrected chi connectivity index (χ4v) is 4.55. The van der Waals surface area contributed by atoms with Crippen LogP contribution in [-0.2, 0) is 4.79 Å². The van der Waals surface area contributed by atoms with Crippen molar-refractivity contribution in [3.05, 3.63) is 23.8 Å². The molecule has 0 heterocycles. The molecule has 0 bridgehead atoms. The second kappa shape index (κ2) is 10.3. The summed E-state index contributed by atoms with van der Waals surface area (Å²) >= 11 is 0. The van der Waals surface area contributed by atoms with Crippen molar-refractivity contribution in [2.24, 2.45) is 17.8 Å². The fourth-order valence-electron chi connectivity index (χ4n) is 4.55. The first kappa shape index (κ1) is 20.4. The van der Waals surface area contributed by atoms with Crippen molar-refractivity contribution < 1.29 is 15.0 Å². The van der Waals surface area contributed by atoms with Gasteiger partial charge in [-0.15, -0.1) is 0 Å². The quantitative estimate of drug-likeness (QED) is 0.449. The van der Waals surface area contributed by atoms with Crippen molar-refractivity contribution in [2.45, 2.75) is 90.3 Å². The molecule has 25 heavy (non-hydrogen) atoms. The molecular weight excluding hydrogens is 312 g/mol. The molecule has 142 valence electrons. The molecule has 2 N–H and O–H groups in total. The van der Waals surface area contributed by atoms with Crippen LogP contribution in [0.15, 0.2) is 23.8 Å². The van der Waals surface area contributed by atoms with Crippen molar-refractivity contribution in [2.75, 3.05) is 0 Å². The average Bonchev–Trinajstić information content (AvgIpc) is 3.06. The van der Waals surface area contributed by atoms with Crippen LogP contribution in [0.5, 0.6) is 0 Å². The molecular formula is C22H36O3. The van der Waals surface area contributed by atoms with Gasteiger partial charge in [0.2, 0.25) is 0 Å².